The quantitative estimate of drug-likeness (QED) is 0.443. The topological polar surface area (TPSA) is 101 Å². The van der Waals surface area contributed by atoms with Crippen molar-refractivity contribution in [1.29, 1.82) is 0 Å². The molecule has 2 aromatic rings. The summed E-state index contributed by atoms with van der Waals surface area (Å²) in [5.74, 6) is -0.0217. The lowest BCUT2D eigenvalue weighted by Gasteiger charge is -2.44. The molecule has 39 heavy (non-hydrogen) atoms. The van der Waals surface area contributed by atoms with E-state index in [4.69, 9.17) is 0 Å². The van der Waals surface area contributed by atoms with Crippen LogP contribution in [0.4, 0.5) is 18.9 Å². The van der Waals surface area contributed by atoms with Crippen molar-refractivity contribution in [1.82, 2.24) is 12.9 Å². The Bertz CT molecular complexity index is 1310. The molecule has 2 unspecified atom stereocenters. The average molecular weight is 613 g/mol. The maximum Gasteiger partial charge on any atom is 0.421 e. The van der Waals surface area contributed by atoms with Gasteiger partial charge in [0.15, 0.2) is 5.60 Å². The third-order valence-electron chi connectivity index (χ3n) is 6.62. The summed E-state index contributed by atoms with van der Waals surface area (Å²) in [5.41, 5.74) is -2.90. The van der Waals surface area contributed by atoms with Gasteiger partial charge in [0.2, 0.25) is 0 Å². The van der Waals surface area contributed by atoms with Crippen molar-refractivity contribution in [2.75, 3.05) is 51.7 Å². The van der Waals surface area contributed by atoms with E-state index in [1.54, 1.807) is 11.4 Å². The molecule has 0 radical (unpaired) electrons. The van der Waals surface area contributed by atoms with E-state index in [0.717, 1.165) is 15.6 Å². The molecule has 1 fully saturated rings. The Kier molecular flexibility index (Phi) is 9.47. The monoisotopic (exact) mass is 612 g/mol. The highest BCUT2D eigenvalue weighted by Gasteiger charge is 2.51. The van der Waals surface area contributed by atoms with Gasteiger partial charge >= 0.3 is 6.18 Å². The van der Waals surface area contributed by atoms with Crippen molar-refractivity contribution in [3.63, 3.8) is 0 Å². The number of thiophene rings is 1. The summed E-state index contributed by atoms with van der Waals surface area (Å²) in [7, 11) is -4.85. The smallest absolute Gasteiger partial charge is 0.376 e. The number of nitrogens with zero attached hydrogens (tertiary/aromatic N) is 4. The molecular weight excluding hydrogens is 577 g/mol. The summed E-state index contributed by atoms with van der Waals surface area (Å²) in [6.07, 6.45) is -4.88. The SMILES string of the molecule is CC(C)CN(CC1CN(S(=O)(=O)c2cccs2)CCN1c1ccc(C(C)(O)C(F)(F)F)cc1)S(=O)(=O)N(C)C. The number of benzene rings is 1. The van der Waals surface area contributed by atoms with Gasteiger partial charge < -0.3 is 10.0 Å². The van der Waals surface area contributed by atoms with Crippen LogP contribution in [0.2, 0.25) is 0 Å². The molecule has 2 atom stereocenters. The zero-order valence-corrected chi connectivity index (χ0v) is 24.9. The lowest BCUT2D eigenvalue weighted by atomic mass is 9.95. The summed E-state index contributed by atoms with van der Waals surface area (Å²) in [6, 6.07) is 7.72. The summed E-state index contributed by atoms with van der Waals surface area (Å²) >= 11 is 1.09. The number of rotatable bonds is 10. The predicted octanol–water partition coefficient (Wildman–Crippen LogP) is 3.16. The van der Waals surface area contributed by atoms with Gasteiger partial charge in [0.05, 0.1) is 6.04 Å². The molecule has 0 saturated carbocycles. The third kappa shape index (κ3) is 6.77. The Balaban J connectivity index is 2.00. The molecule has 9 nitrogen and oxygen atoms in total. The largest absolute Gasteiger partial charge is 0.421 e. The van der Waals surface area contributed by atoms with Crippen LogP contribution in [0.5, 0.6) is 0 Å². The lowest BCUT2D eigenvalue weighted by molar-refractivity contribution is -0.258. The fraction of sp³-hybridized carbons (Fsp3) is 0.583. The summed E-state index contributed by atoms with van der Waals surface area (Å²) in [4.78, 5) is 1.81. The van der Waals surface area contributed by atoms with Crippen LogP contribution in [0.3, 0.4) is 0 Å². The number of halogens is 3. The van der Waals surface area contributed by atoms with E-state index in [1.807, 2.05) is 18.7 Å². The zero-order valence-electron chi connectivity index (χ0n) is 22.5. The second kappa shape index (κ2) is 11.6. The zero-order chi connectivity index (χ0) is 29.4. The van der Waals surface area contributed by atoms with Crippen LogP contribution in [-0.4, -0.2) is 93.9 Å². The summed E-state index contributed by atoms with van der Waals surface area (Å²) < 4.78 is 96.9. The maximum atomic E-state index is 13.3. The number of sulfonamides is 1. The van der Waals surface area contributed by atoms with E-state index in [2.05, 4.69) is 0 Å². The minimum Gasteiger partial charge on any atom is -0.376 e. The minimum absolute atomic E-state index is 0.0217. The highest BCUT2D eigenvalue weighted by atomic mass is 32.2. The third-order valence-corrected chi connectivity index (χ3v) is 11.7. The first-order chi connectivity index (χ1) is 17.9. The molecule has 3 rings (SSSR count). The van der Waals surface area contributed by atoms with Crippen molar-refractivity contribution < 1.29 is 35.1 Å². The second-order valence-electron chi connectivity index (χ2n) is 10.3. The number of aliphatic hydroxyl groups is 1. The molecule has 15 heteroatoms. The standard InChI is InChI=1S/C24H35F3N4O5S3/c1-18(2)15-30(39(35,36)28(4)5)17-21-16-29(38(33,34)22-7-6-14-37-22)12-13-31(21)20-10-8-19(9-11-20)23(3,32)24(25,26)27/h6-11,14,18,21,32H,12-13,15-17H2,1-5H3. The number of alkyl halides is 3. The van der Waals surface area contributed by atoms with Gasteiger partial charge in [-0.1, -0.05) is 32.0 Å². The first-order valence-electron chi connectivity index (χ1n) is 12.3. The molecule has 1 N–H and O–H groups in total. The van der Waals surface area contributed by atoms with Crippen LogP contribution in [0, 0.1) is 5.92 Å². The van der Waals surface area contributed by atoms with E-state index in [0.29, 0.717) is 12.6 Å². The van der Waals surface area contributed by atoms with Crippen molar-refractivity contribution in [2.45, 2.75) is 42.8 Å². The van der Waals surface area contributed by atoms with E-state index >= 15 is 0 Å². The van der Waals surface area contributed by atoms with Gasteiger partial charge in [-0.2, -0.15) is 34.5 Å². The highest BCUT2D eigenvalue weighted by molar-refractivity contribution is 7.91. The molecule has 0 amide bonds. The molecule has 0 aliphatic carbocycles. The van der Waals surface area contributed by atoms with Crippen LogP contribution in [-0.2, 0) is 25.8 Å². The first-order valence-corrected chi connectivity index (χ1v) is 16.0. The molecule has 1 saturated heterocycles. The van der Waals surface area contributed by atoms with Gasteiger partial charge in [0.1, 0.15) is 4.21 Å². The van der Waals surface area contributed by atoms with Crippen LogP contribution in [0.15, 0.2) is 46.0 Å². The molecule has 0 bridgehead atoms. The number of anilines is 1. The second-order valence-corrected chi connectivity index (χ2v) is 15.5. The van der Waals surface area contributed by atoms with Crippen molar-refractivity contribution in [3.8, 4) is 0 Å². The van der Waals surface area contributed by atoms with E-state index in [-0.39, 0.29) is 48.4 Å². The van der Waals surface area contributed by atoms with Gasteiger partial charge in [-0.15, -0.1) is 11.3 Å². The van der Waals surface area contributed by atoms with Crippen molar-refractivity contribution in [3.05, 3.63) is 47.3 Å². The Morgan fingerprint density at radius 1 is 1.08 bits per heavy atom. The first kappa shape index (κ1) is 31.8. The number of hydrogen-bond donors (Lipinski definition) is 1. The number of piperazine rings is 1. The van der Waals surface area contributed by atoms with Crippen molar-refractivity contribution in [2.24, 2.45) is 5.92 Å². The van der Waals surface area contributed by atoms with Crippen LogP contribution >= 0.6 is 11.3 Å². The molecule has 1 aromatic heterocycles. The number of hydrogen-bond acceptors (Lipinski definition) is 7. The summed E-state index contributed by atoms with van der Waals surface area (Å²) in [6.45, 7) is 4.82. The van der Waals surface area contributed by atoms with Gasteiger partial charge in [-0.05, 0) is 42.0 Å². The van der Waals surface area contributed by atoms with E-state index < -0.39 is 38.1 Å². The van der Waals surface area contributed by atoms with Crippen LogP contribution < -0.4 is 4.90 Å². The Morgan fingerprint density at radius 2 is 1.69 bits per heavy atom. The molecular formula is C24H35F3N4O5S3. The fourth-order valence-corrected chi connectivity index (χ4v) is 8.28. The lowest BCUT2D eigenvalue weighted by Crippen LogP contribution is -2.59. The molecule has 220 valence electrons. The van der Waals surface area contributed by atoms with Gasteiger partial charge in [-0.25, -0.2) is 8.42 Å². The molecule has 1 aliphatic heterocycles. The highest BCUT2D eigenvalue weighted by Crippen LogP contribution is 2.39. The van der Waals surface area contributed by atoms with E-state index in [1.165, 1.54) is 53.0 Å². The fourth-order valence-electron chi connectivity index (χ4n) is 4.36. The minimum atomic E-state index is -4.88. The van der Waals surface area contributed by atoms with Crippen LogP contribution in [0.1, 0.15) is 26.3 Å². The normalized spacial score (nSPS) is 19.7. The molecule has 2 heterocycles. The Labute approximate surface area is 232 Å². The maximum absolute atomic E-state index is 13.3. The van der Waals surface area contributed by atoms with Crippen molar-refractivity contribution >= 4 is 37.3 Å². The Morgan fingerprint density at radius 3 is 2.18 bits per heavy atom. The van der Waals surface area contributed by atoms with Gasteiger partial charge in [0.25, 0.3) is 20.2 Å². The average Bonchev–Trinajstić information content (AvgIpc) is 3.38. The van der Waals surface area contributed by atoms with Crippen LogP contribution in [0.25, 0.3) is 0 Å². The van der Waals surface area contributed by atoms with E-state index in [9.17, 15) is 35.1 Å². The Hall–Kier alpha value is -1.75. The summed E-state index contributed by atoms with van der Waals surface area (Å²) in [5, 5.41) is 11.7. The molecule has 0 spiro atoms. The van der Waals surface area contributed by atoms with Gasteiger partial charge in [-0.3, -0.25) is 0 Å². The predicted molar refractivity (Wildman–Crippen MR) is 145 cm³/mol. The van der Waals surface area contributed by atoms with Gasteiger partial charge in [0, 0.05) is 52.5 Å². The molecule has 1 aromatic carbocycles. The molecule has 1 aliphatic rings.